The summed E-state index contributed by atoms with van der Waals surface area (Å²) in [6.45, 7) is 0. The number of carbonyl (C=O) groups is 1. The Hall–Kier alpha value is -3.51. The van der Waals surface area contributed by atoms with Crippen molar-refractivity contribution in [3.8, 4) is 11.8 Å². The van der Waals surface area contributed by atoms with E-state index in [4.69, 9.17) is 15.0 Å². The quantitative estimate of drug-likeness (QED) is 0.267. The smallest absolute Gasteiger partial charge is 0.358 e. The van der Waals surface area contributed by atoms with Gasteiger partial charge in [-0.3, -0.25) is 4.55 Å². The first-order valence-electron chi connectivity index (χ1n) is 7.21. The number of nitrogens with two attached hydrogens (primary N) is 1. The number of aromatic nitrogens is 1. The molecule has 0 fully saturated rings. The van der Waals surface area contributed by atoms with Crippen molar-refractivity contribution < 1.29 is 37.2 Å². The van der Waals surface area contributed by atoms with Gasteiger partial charge in [-0.2, -0.15) is 8.42 Å². The molecule has 2 aromatic heterocycles. The summed E-state index contributed by atoms with van der Waals surface area (Å²) in [7, 11) is -5.04. The second-order valence-electron chi connectivity index (χ2n) is 5.41. The van der Waals surface area contributed by atoms with Gasteiger partial charge in [0.1, 0.15) is 5.58 Å². The minimum Gasteiger partial charge on any atom is -0.492 e. The fourth-order valence-electron chi connectivity index (χ4n) is 2.47. The Morgan fingerprint density at radius 1 is 1.19 bits per heavy atom. The Bertz CT molecular complexity index is 1200. The molecule has 0 aliphatic rings. The third kappa shape index (κ3) is 3.43. The molecule has 12 heteroatoms. The molecule has 3 rings (SSSR count). The maximum atomic E-state index is 12.2. The molecule has 0 unspecified atom stereocenters. The molecule has 27 heavy (non-hydrogen) atoms. The predicted molar refractivity (Wildman–Crippen MR) is 89.8 cm³/mol. The molecule has 1 aromatic carbocycles. The van der Waals surface area contributed by atoms with Gasteiger partial charge >= 0.3 is 21.7 Å². The van der Waals surface area contributed by atoms with E-state index < -0.39 is 44.8 Å². The van der Waals surface area contributed by atoms with Crippen LogP contribution < -0.4 is 16.2 Å². The monoisotopic (exact) mass is 396 g/mol. The average Bonchev–Trinajstić information content (AvgIpc) is 2.85. The number of anilines is 1. The van der Waals surface area contributed by atoms with Crippen LogP contribution in [0.4, 0.5) is 5.69 Å². The van der Waals surface area contributed by atoms with Crippen LogP contribution in [-0.4, -0.2) is 33.9 Å². The van der Waals surface area contributed by atoms with Crippen LogP contribution >= 0.6 is 0 Å². The third-order valence-electron chi connectivity index (χ3n) is 3.56. The molecule has 3 aromatic rings. The van der Waals surface area contributed by atoms with Crippen LogP contribution in [0.15, 0.2) is 44.4 Å². The van der Waals surface area contributed by atoms with E-state index in [2.05, 4.69) is 0 Å². The van der Waals surface area contributed by atoms with Crippen molar-refractivity contribution in [2.45, 2.75) is 11.3 Å². The normalized spacial score (nSPS) is 11.6. The highest BCUT2D eigenvalue weighted by Gasteiger charge is 2.27. The van der Waals surface area contributed by atoms with Crippen LogP contribution in [0, 0.1) is 0 Å². The Morgan fingerprint density at radius 2 is 1.81 bits per heavy atom. The molecule has 0 amide bonds. The SMILES string of the molecule is Nc1ccc2c(CC(=O)On3c(O)ccc3O)c(S(=O)(=O)O)c(=O)oc2c1. The second-order valence-corrected chi connectivity index (χ2v) is 6.77. The van der Waals surface area contributed by atoms with Gasteiger partial charge in [0.25, 0.3) is 0 Å². The zero-order chi connectivity index (χ0) is 19.9. The van der Waals surface area contributed by atoms with Crippen LogP contribution in [0.5, 0.6) is 11.8 Å². The molecule has 5 N–H and O–H groups in total. The number of rotatable bonds is 4. The molecule has 0 aliphatic heterocycles. The van der Waals surface area contributed by atoms with Crippen LogP contribution in [0.2, 0.25) is 0 Å². The number of fused-ring (bicyclic) bond motifs is 1. The topological polar surface area (TPSA) is 182 Å². The summed E-state index contributed by atoms with van der Waals surface area (Å²) in [5, 5.41) is 19.0. The summed E-state index contributed by atoms with van der Waals surface area (Å²) >= 11 is 0. The van der Waals surface area contributed by atoms with Gasteiger partial charge in [-0.1, -0.05) is 0 Å². The van der Waals surface area contributed by atoms with E-state index in [1.54, 1.807) is 0 Å². The highest BCUT2D eigenvalue weighted by Crippen LogP contribution is 2.26. The molecule has 0 spiro atoms. The third-order valence-corrected chi connectivity index (χ3v) is 4.49. The minimum absolute atomic E-state index is 0.0225. The Kier molecular flexibility index (Phi) is 4.29. The van der Waals surface area contributed by atoms with Crippen molar-refractivity contribution in [2.75, 3.05) is 5.73 Å². The standard InChI is InChI=1S/C15H12N2O9S/c16-7-1-2-8-9(6-13(20)26-17-11(18)3-4-12(17)19)14(27(22,23)24)15(21)25-10(8)5-7/h1-5,18-19H,6,16H2,(H,22,23,24). The zero-order valence-electron chi connectivity index (χ0n) is 13.3. The summed E-state index contributed by atoms with van der Waals surface area (Å²) < 4.78 is 37.9. The molecule has 0 saturated carbocycles. The van der Waals surface area contributed by atoms with E-state index in [9.17, 15) is 32.8 Å². The number of nitrogens with zero attached hydrogens (tertiary/aromatic N) is 1. The fourth-order valence-corrected chi connectivity index (χ4v) is 3.22. The van der Waals surface area contributed by atoms with Crippen LogP contribution in [0.25, 0.3) is 11.0 Å². The Morgan fingerprint density at radius 3 is 2.41 bits per heavy atom. The van der Waals surface area contributed by atoms with E-state index in [0.717, 1.165) is 12.1 Å². The highest BCUT2D eigenvalue weighted by atomic mass is 32.2. The van der Waals surface area contributed by atoms with Gasteiger partial charge in [-0.05, 0) is 12.1 Å². The summed E-state index contributed by atoms with van der Waals surface area (Å²) in [5.74, 6) is -2.34. The molecule has 142 valence electrons. The van der Waals surface area contributed by atoms with Crippen molar-refractivity contribution in [3.05, 3.63) is 46.3 Å². The van der Waals surface area contributed by atoms with Crippen LogP contribution in [0.1, 0.15) is 5.56 Å². The maximum Gasteiger partial charge on any atom is 0.358 e. The molecule has 0 radical (unpaired) electrons. The van der Waals surface area contributed by atoms with Crippen LogP contribution in [-0.2, 0) is 21.3 Å². The summed E-state index contributed by atoms with van der Waals surface area (Å²) in [4.78, 5) is 27.8. The lowest BCUT2D eigenvalue weighted by atomic mass is 10.1. The lowest BCUT2D eigenvalue weighted by molar-refractivity contribution is -0.144. The molecule has 0 saturated heterocycles. The minimum atomic E-state index is -5.04. The number of hydrogen-bond acceptors (Lipinski definition) is 9. The van der Waals surface area contributed by atoms with E-state index in [0.29, 0.717) is 4.73 Å². The first kappa shape index (κ1) is 18.3. The lowest BCUT2D eigenvalue weighted by Crippen LogP contribution is -2.24. The number of benzene rings is 1. The van der Waals surface area contributed by atoms with Gasteiger partial charge in [0.15, 0.2) is 4.90 Å². The van der Waals surface area contributed by atoms with Crippen molar-refractivity contribution >= 4 is 32.7 Å². The lowest BCUT2D eigenvalue weighted by Gasteiger charge is -2.11. The molecular formula is C15H12N2O9S. The van der Waals surface area contributed by atoms with Gasteiger partial charge in [0.05, 0.1) is 6.42 Å². The van der Waals surface area contributed by atoms with Gasteiger partial charge in [0.2, 0.25) is 11.8 Å². The largest absolute Gasteiger partial charge is 0.492 e. The first-order chi connectivity index (χ1) is 12.6. The van der Waals surface area contributed by atoms with E-state index in [-0.39, 0.29) is 22.2 Å². The van der Waals surface area contributed by atoms with E-state index >= 15 is 0 Å². The van der Waals surface area contributed by atoms with Gasteiger partial charge in [-0.15, -0.1) is 4.73 Å². The predicted octanol–water partition coefficient (Wildman–Crippen LogP) is 0.0325. The van der Waals surface area contributed by atoms with Crippen LogP contribution in [0.3, 0.4) is 0 Å². The van der Waals surface area contributed by atoms with Gasteiger partial charge in [0, 0.05) is 34.8 Å². The second kappa shape index (κ2) is 6.34. The average molecular weight is 396 g/mol. The Balaban J connectivity index is 2.14. The molecule has 2 heterocycles. The number of nitrogen functional groups attached to an aromatic ring is 1. The number of hydrogen-bond donors (Lipinski definition) is 4. The molecule has 0 atom stereocenters. The summed E-state index contributed by atoms with van der Waals surface area (Å²) in [6, 6.07) is 6.00. The maximum absolute atomic E-state index is 12.2. The zero-order valence-corrected chi connectivity index (χ0v) is 14.1. The fraction of sp³-hybridized carbons (Fsp3) is 0.0667. The number of aromatic hydroxyl groups is 2. The summed E-state index contributed by atoms with van der Waals surface area (Å²) in [5.41, 5.74) is 3.91. The Labute approximate surface area is 150 Å². The first-order valence-corrected chi connectivity index (χ1v) is 8.65. The molecule has 11 nitrogen and oxygen atoms in total. The van der Waals surface area contributed by atoms with Gasteiger partial charge < -0.3 is 25.2 Å². The van der Waals surface area contributed by atoms with Crippen molar-refractivity contribution in [3.63, 3.8) is 0 Å². The number of carbonyl (C=O) groups excluding carboxylic acids is 1. The van der Waals surface area contributed by atoms with E-state index in [1.807, 2.05) is 0 Å². The van der Waals surface area contributed by atoms with Gasteiger partial charge in [-0.25, -0.2) is 9.59 Å². The van der Waals surface area contributed by atoms with Crippen molar-refractivity contribution in [1.29, 1.82) is 0 Å². The van der Waals surface area contributed by atoms with Crippen molar-refractivity contribution in [1.82, 2.24) is 4.73 Å². The molecule has 0 bridgehead atoms. The van der Waals surface area contributed by atoms with E-state index in [1.165, 1.54) is 18.2 Å². The van der Waals surface area contributed by atoms with Crippen molar-refractivity contribution in [2.24, 2.45) is 0 Å². The molecular weight excluding hydrogens is 384 g/mol. The molecule has 0 aliphatic carbocycles. The summed E-state index contributed by atoms with van der Waals surface area (Å²) in [6.07, 6.45) is -0.807. The highest BCUT2D eigenvalue weighted by molar-refractivity contribution is 7.85.